The largest absolute Gasteiger partial charge is 0.458 e. The van der Waals surface area contributed by atoms with Crippen molar-refractivity contribution in [1.29, 1.82) is 0 Å². The van der Waals surface area contributed by atoms with Gasteiger partial charge in [-0.05, 0) is 30.3 Å². The molecule has 5 nitrogen and oxygen atoms in total. The molecule has 0 aliphatic rings. The summed E-state index contributed by atoms with van der Waals surface area (Å²) >= 11 is 0. The standard InChI is InChI=1S/C14H11NO4/c1-2-9-4-6-11(18-9)13(16)8-3-5-10-12(7-8)19-14(17)15-10/h3-7H,2H2,1H3,(H,15,17). The van der Waals surface area contributed by atoms with Crippen LogP contribution in [0.1, 0.15) is 28.8 Å². The number of nitrogens with one attached hydrogen (secondary N) is 1. The summed E-state index contributed by atoms with van der Waals surface area (Å²) in [6.45, 7) is 1.95. The molecule has 0 saturated heterocycles. The van der Waals surface area contributed by atoms with Gasteiger partial charge in [-0.1, -0.05) is 6.92 Å². The van der Waals surface area contributed by atoms with Crippen LogP contribution in [0.3, 0.4) is 0 Å². The number of furan rings is 1. The highest BCUT2D eigenvalue weighted by Gasteiger charge is 2.15. The SMILES string of the molecule is CCc1ccc(C(=O)c2ccc3[nH]c(=O)oc3c2)o1. The molecule has 1 aromatic carbocycles. The van der Waals surface area contributed by atoms with Gasteiger partial charge in [-0.2, -0.15) is 0 Å². The molecule has 0 unspecified atom stereocenters. The summed E-state index contributed by atoms with van der Waals surface area (Å²) in [4.78, 5) is 25.8. The van der Waals surface area contributed by atoms with Crippen LogP contribution < -0.4 is 5.76 Å². The highest BCUT2D eigenvalue weighted by molar-refractivity contribution is 6.08. The predicted octanol–water partition coefficient (Wildman–Crippen LogP) is 2.51. The molecule has 0 aliphatic heterocycles. The van der Waals surface area contributed by atoms with E-state index >= 15 is 0 Å². The molecule has 0 amide bonds. The molecule has 96 valence electrons. The number of aromatic amines is 1. The maximum atomic E-state index is 12.2. The van der Waals surface area contributed by atoms with Crippen molar-refractivity contribution in [3.05, 3.63) is 58.0 Å². The molecule has 3 rings (SSSR count). The van der Waals surface area contributed by atoms with Crippen LogP contribution in [0.2, 0.25) is 0 Å². The number of H-pyrrole nitrogens is 1. The van der Waals surface area contributed by atoms with Gasteiger partial charge in [-0.15, -0.1) is 0 Å². The molecule has 19 heavy (non-hydrogen) atoms. The van der Waals surface area contributed by atoms with Gasteiger partial charge in [0.05, 0.1) is 5.52 Å². The maximum absolute atomic E-state index is 12.2. The molecule has 0 fully saturated rings. The van der Waals surface area contributed by atoms with Crippen molar-refractivity contribution in [2.75, 3.05) is 0 Å². The lowest BCUT2D eigenvalue weighted by molar-refractivity contribution is 0.101. The molecule has 2 heterocycles. The quantitative estimate of drug-likeness (QED) is 0.731. The number of ketones is 1. The van der Waals surface area contributed by atoms with Gasteiger partial charge in [0.2, 0.25) is 5.78 Å². The monoisotopic (exact) mass is 257 g/mol. The molecule has 0 bridgehead atoms. The molecular weight excluding hydrogens is 246 g/mol. The van der Waals surface area contributed by atoms with Crippen LogP contribution in [0.15, 0.2) is 44.0 Å². The average molecular weight is 257 g/mol. The first kappa shape index (κ1) is 11.5. The van der Waals surface area contributed by atoms with E-state index in [1.807, 2.05) is 6.92 Å². The van der Waals surface area contributed by atoms with Crippen molar-refractivity contribution in [1.82, 2.24) is 4.98 Å². The Kier molecular flexibility index (Phi) is 2.59. The van der Waals surface area contributed by atoms with E-state index in [0.717, 1.165) is 12.2 Å². The van der Waals surface area contributed by atoms with Crippen LogP contribution in [0.25, 0.3) is 11.1 Å². The van der Waals surface area contributed by atoms with Crippen molar-refractivity contribution in [3.63, 3.8) is 0 Å². The Morgan fingerprint density at radius 2 is 2.05 bits per heavy atom. The Hall–Kier alpha value is -2.56. The number of oxazole rings is 1. The first-order valence-corrected chi connectivity index (χ1v) is 5.93. The van der Waals surface area contributed by atoms with E-state index in [1.165, 1.54) is 6.07 Å². The fourth-order valence-corrected chi connectivity index (χ4v) is 1.92. The van der Waals surface area contributed by atoms with E-state index in [4.69, 9.17) is 8.83 Å². The average Bonchev–Trinajstić information content (AvgIpc) is 3.01. The fourth-order valence-electron chi connectivity index (χ4n) is 1.92. The molecule has 0 aliphatic carbocycles. The summed E-state index contributed by atoms with van der Waals surface area (Å²) in [5.74, 6) is 0.281. The first-order valence-electron chi connectivity index (χ1n) is 5.93. The van der Waals surface area contributed by atoms with Crippen molar-refractivity contribution >= 4 is 16.9 Å². The Bertz CT molecular complexity index is 806. The normalized spacial score (nSPS) is 11.0. The van der Waals surface area contributed by atoms with Crippen LogP contribution >= 0.6 is 0 Å². The zero-order chi connectivity index (χ0) is 13.4. The van der Waals surface area contributed by atoms with Crippen molar-refractivity contribution in [2.45, 2.75) is 13.3 Å². The molecule has 0 atom stereocenters. The van der Waals surface area contributed by atoms with Crippen LogP contribution in [0.4, 0.5) is 0 Å². The number of aryl methyl sites for hydroxylation is 1. The van der Waals surface area contributed by atoms with E-state index in [-0.39, 0.29) is 11.5 Å². The number of aromatic nitrogens is 1. The molecule has 0 radical (unpaired) electrons. The Labute approximate surface area is 107 Å². The molecule has 0 spiro atoms. The van der Waals surface area contributed by atoms with Gasteiger partial charge in [-0.3, -0.25) is 9.78 Å². The first-order chi connectivity index (χ1) is 9.17. The molecule has 5 heteroatoms. The third-order valence-electron chi connectivity index (χ3n) is 2.92. The number of carbonyl (C=O) groups is 1. The van der Waals surface area contributed by atoms with Gasteiger partial charge in [0.25, 0.3) is 0 Å². The molecular formula is C14H11NO4. The summed E-state index contributed by atoms with van der Waals surface area (Å²) in [5.41, 5.74) is 1.35. The second-order valence-corrected chi connectivity index (χ2v) is 4.17. The number of benzene rings is 1. The van der Waals surface area contributed by atoms with E-state index < -0.39 is 5.76 Å². The fraction of sp³-hybridized carbons (Fsp3) is 0.143. The van der Waals surface area contributed by atoms with E-state index in [0.29, 0.717) is 16.7 Å². The van der Waals surface area contributed by atoms with Gasteiger partial charge in [0.15, 0.2) is 11.3 Å². The minimum atomic E-state index is -0.536. The van der Waals surface area contributed by atoms with Gasteiger partial charge >= 0.3 is 5.76 Å². The Balaban J connectivity index is 2.03. The van der Waals surface area contributed by atoms with Crippen molar-refractivity contribution < 1.29 is 13.6 Å². The Morgan fingerprint density at radius 1 is 1.21 bits per heavy atom. The summed E-state index contributed by atoms with van der Waals surface area (Å²) in [5, 5.41) is 0. The second kappa shape index (κ2) is 4.28. The van der Waals surface area contributed by atoms with E-state index in [1.54, 1.807) is 24.3 Å². The zero-order valence-corrected chi connectivity index (χ0v) is 10.2. The van der Waals surface area contributed by atoms with Crippen LogP contribution in [-0.2, 0) is 6.42 Å². The lowest BCUT2D eigenvalue weighted by Crippen LogP contribution is -1.99. The van der Waals surface area contributed by atoms with Crippen LogP contribution in [0.5, 0.6) is 0 Å². The summed E-state index contributed by atoms with van der Waals surface area (Å²) in [6.07, 6.45) is 0.735. The van der Waals surface area contributed by atoms with E-state index in [2.05, 4.69) is 4.98 Å². The molecule has 1 N–H and O–H groups in total. The topological polar surface area (TPSA) is 76.2 Å². The highest BCUT2D eigenvalue weighted by atomic mass is 16.4. The zero-order valence-electron chi connectivity index (χ0n) is 10.2. The predicted molar refractivity (Wildman–Crippen MR) is 68.4 cm³/mol. The van der Waals surface area contributed by atoms with Crippen LogP contribution in [-0.4, -0.2) is 10.8 Å². The number of hydrogen-bond donors (Lipinski definition) is 1. The number of hydrogen-bond acceptors (Lipinski definition) is 4. The number of carbonyl (C=O) groups excluding carboxylic acids is 1. The van der Waals surface area contributed by atoms with Crippen molar-refractivity contribution in [3.8, 4) is 0 Å². The van der Waals surface area contributed by atoms with Crippen molar-refractivity contribution in [2.24, 2.45) is 0 Å². The second-order valence-electron chi connectivity index (χ2n) is 4.17. The van der Waals surface area contributed by atoms with Crippen LogP contribution in [0, 0.1) is 0 Å². The lowest BCUT2D eigenvalue weighted by Gasteiger charge is -1.97. The highest BCUT2D eigenvalue weighted by Crippen LogP contribution is 2.17. The lowest BCUT2D eigenvalue weighted by atomic mass is 10.1. The van der Waals surface area contributed by atoms with E-state index in [9.17, 15) is 9.59 Å². The Morgan fingerprint density at radius 3 is 2.79 bits per heavy atom. The summed E-state index contributed by atoms with van der Waals surface area (Å²) < 4.78 is 10.3. The van der Waals surface area contributed by atoms with Gasteiger partial charge < -0.3 is 8.83 Å². The summed E-state index contributed by atoms with van der Waals surface area (Å²) in [7, 11) is 0. The molecule has 3 aromatic rings. The van der Waals surface area contributed by atoms with Gasteiger partial charge in [-0.25, -0.2) is 4.79 Å². The molecule has 2 aromatic heterocycles. The van der Waals surface area contributed by atoms with Gasteiger partial charge in [0, 0.05) is 12.0 Å². The number of rotatable bonds is 3. The summed E-state index contributed by atoms with van der Waals surface area (Å²) in [6, 6.07) is 8.23. The number of fused-ring (bicyclic) bond motifs is 1. The third kappa shape index (κ3) is 1.99. The minimum Gasteiger partial charge on any atom is -0.458 e. The third-order valence-corrected chi connectivity index (χ3v) is 2.92. The smallest absolute Gasteiger partial charge is 0.417 e. The maximum Gasteiger partial charge on any atom is 0.417 e. The van der Waals surface area contributed by atoms with Gasteiger partial charge in [0.1, 0.15) is 5.76 Å². The molecule has 0 saturated carbocycles. The minimum absolute atomic E-state index is 0.231.